The maximum absolute atomic E-state index is 14.5. The minimum Gasteiger partial charge on any atom is -0.481 e. The van der Waals surface area contributed by atoms with Crippen molar-refractivity contribution in [3.63, 3.8) is 0 Å². The van der Waals surface area contributed by atoms with E-state index in [4.69, 9.17) is 26.1 Å². The van der Waals surface area contributed by atoms with Crippen LogP contribution in [-0.4, -0.2) is 71.2 Å². The Hall–Kier alpha value is -2.86. The summed E-state index contributed by atoms with van der Waals surface area (Å²) >= 11 is 7.75. The highest BCUT2D eigenvalue weighted by molar-refractivity contribution is 7.11. The van der Waals surface area contributed by atoms with Crippen molar-refractivity contribution in [1.82, 2.24) is 15.2 Å². The number of fused-ring (bicyclic) bond motifs is 2. The molecule has 1 aromatic carbocycles. The molecule has 3 aliphatic rings. The van der Waals surface area contributed by atoms with Gasteiger partial charge in [0, 0.05) is 47.9 Å². The van der Waals surface area contributed by atoms with Crippen molar-refractivity contribution in [3.05, 3.63) is 62.5 Å². The first kappa shape index (κ1) is 25.8. The van der Waals surface area contributed by atoms with E-state index in [9.17, 15) is 19.1 Å². The normalized spacial score (nSPS) is 25.5. The van der Waals surface area contributed by atoms with Gasteiger partial charge in [-0.3, -0.25) is 14.7 Å². The van der Waals surface area contributed by atoms with Crippen LogP contribution in [0.2, 0.25) is 5.02 Å². The third-order valence-corrected chi connectivity index (χ3v) is 8.10. The van der Waals surface area contributed by atoms with Crippen LogP contribution in [0.3, 0.4) is 0 Å². The Kier molecular flexibility index (Phi) is 7.57. The SMILES string of the molecule is CCOC(=O)C1=C(CN2[C@H]3COC[C@@H]2[C@@H](CC(=O)O)C3)NC(c2nccs2)=N[C@H]1c1cccc(F)c1Cl. The molecule has 1 aromatic heterocycles. The molecule has 0 saturated carbocycles. The Morgan fingerprint density at radius 1 is 1.38 bits per heavy atom. The van der Waals surface area contributed by atoms with Gasteiger partial charge in [-0.05, 0) is 25.3 Å². The number of halogens is 2. The fraction of sp³-hybridized carbons (Fsp3) is 0.440. The van der Waals surface area contributed by atoms with Gasteiger partial charge in [0.15, 0.2) is 10.8 Å². The third kappa shape index (κ3) is 5.13. The number of aromatic nitrogens is 1. The topological polar surface area (TPSA) is 113 Å². The number of carboxylic acid groups (broad SMARTS) is 1. The number of esters is 1. The molecule has 2 aromatic rings. The molecule has 3 aliphatic heterocycles. The van der Waals surface area contributed by atoms with Gasteiger partial charge in [-0.25, -0.2) is 14.2 Å². The van der Waals surface area contributed by atoms with E-state index in [-0.39, 0.29) is 41.6 Å². The molecule has 2 N–H and O–H groups in total. The van der Waals surface area contributed by atoms with Gasteiger partial charge in [0.1, 0.15) is 11.9 Å². The van der Waals surface area contributed by atoms with E-state index < -0.39 is 23.8 Å². The zero-order chi connectivity index (χ0) is 26.1. The summed E-state index contributed by atoms with van der Waals surface area (Å²) in [5, 5.41) is 15.0. The van der Waals surface area contributed by atoms with Crippen molar-refractivity contribution in [2.24, 2.45) is 10.9 Å². The molecular weight excluding hydrogens is 523 g/mol. The number of thiazole rings is 1. The van der Waals surface area contributed by atoms with Gasteiger partial charge in [-0.2, -0.15) is 0 Å². The second-order valence-corrected chi connectivity index (χ2v) is 10.4. The van der Waals surface area contributed by atoms with Crippen LogP contribution in [0, 0.1) is 11.7 Å². The summed E-state index contributed by atoms with van der Waals surface area (Å²) in [5.74, 6) is -1.68. The lowest BCUT2D eigenvalue weighted by Gasteiger charge is -2.38. The molecule has 4 heterocycles. The summed E-state index contributed by atoms with van der Waals surface area (Å²) in [6.45, 7) is 3.04. The molecule has 0 radical (unpaired) electrons. The number of rotatable bonds is 8. The predicted molar refractivity (Wildman–Crippen MR) is 135 cm³/mol. The molecule has 0 unspecified atom stereocenters. The van der Waals surface area contributed by atoms with Crippen molar-refractivity contribution >= 4 is 40.7 Å². The highest BCUT2D eigenvalue weighted by atomic mass is 35.5. The first-order valence-corrected chi connectivity index (χ1v) is 13.3. The average Bonchev–Trinajstić information content (AvgIpc) is 3.45. The molecular formula is C25H26ClFN4O5S. The van der Waals surface area contributed by atoms with E-state index in [1.165, 1.54) is 23.5 Å². The monoisotopic (exact) mass is 548 g/mol. The second kappa shape index (κ2) is 10.9. The number of hydrogen-bond acceptors (Lipinski definition) is 9. The van der Waals surface area contributed by atoms with Crippen LogP contribution < -0.4 is 5.32 Å². The summed E-state index contributed by atoms with van der Waals surface area (Å²) < 4.78 is 25.7. The summed E-state index contributed by atoms with van der Waals surface area (Å²) in [4.78, 5) is 36.1. The van der Waals surface area contributed by atoms with Crippen LogP contribution in [0.4, 0.5) is 4.39 Å². The molecule has 0 amide bonds. The van der Waals surface area contributed by atoms with Gasteiger partial charge in [0.25, 0.3) is 0 Å². The molecule has 12 heteroatoms. The van der Waals surface area contributed by atoms with Gasteiger partial charge >= 0.3 is 11.9 Å². The minimum atomic E-state index is -0.925. The number of ether oxygens (including phenoxy) is 2. The van der Waals surface area contributed by atoms with Crippen molar-refractivity contribution in [1.29, 1.82) is 0 Å². The van der Waals surface area contributed by atoms with Crippen LogP contribution in [-0.2, 0) is 19.1 Å². The number of carboxylic acids is 1. The lowest BCUT2D eigenvalue weighted by Crippen LogP contribution is -2.50. The molecule has 2 saturated heterocycles. The van der Waals surface area contributed by atoms with Crippen LogP contribution in [0.1, 0.15) is 36.4 Å². The molecule has 2 fully saturated rings. The number of morpholine rings is 1. The first-order valence-electron chi connectivity index (χ1n) is 12.0. The van der Waals surface area contributed by atoms with Gasteiger partial charge in [0.05, 0.1) is 30.4 Å². The number of carbonyl (C=O) groups excluding carboxylic acids is 1. The Morgan fingerprint density at radius 3 is 2.95 bits per heavy atom. The molecule has 0 aliphatic carbocycles. The number of aliphatic carboxylic acids is 1. The van der Waals surface area contributed by atoms with Crippen LogP contribution in [0.5, 0.6) is 0 Å². The van der Waals surface area contributed by atoms with E-state index >= 15 is 0 Å². The van der Waals surface area contributed by atoms with Crippen LogP contribution in [0.25, 0.3) is 0 Å². The maximum atomic E-state index is 14.5. The van der Waals surface area contributed by atoms with Crippen molar-refractivity contribution in [2.45, 2.75) is 37.9 Å². The van der Waals surface area contributed by atoms with Gasteiger partial charge in [-0.1, -0.05) is 23.7 Å². The van der Waals surface area contributed by atoms with Crippen molar-refractivity contribution in [3.8, 4) is 0 Å². The summed E-state index contributed by atoms with van der Waals surface area (Å²) in [6.07, 6.45) is 2.38. The Balaban J connectivity index is 1.59. The van der Waals surface area contributed by atoms with Crippen molar-refractivity contribution in [2.75, 3.05) is 26.4 Å². The minimum absolute atomic E-state index is 0.000712. The number of amidine groups is 1. The van der Waals surface area contributed by atoms with Crippen LogP contribution in [0.15, 0.2) is 46.0 Å². The molecule has 0 spiro atoms. The quantitative estimate of drug-likeness (QED) is 0.483. The average molecular weight is 549 g/mol. The number of hydrogen-bond donors (Lipinski definition) is 2. The Morgan fingerprint density at radius 2 is 2.22 bits per heavy atom. The zero-order valence-corrected chi connectivity index (χ0v) is 21.6. The molecule has 4 atom stereocenters. The van der Waals surface area contributed by atoms with Gasteiger partial charge in [-0.15, -0.1) is 11.3 Å². The third-order valence-electron chi connectivity index (χ3n) is 6.92. The number of nitrogens with one attached hydrogen (secondary N) is 1. The Labute approximate surface area is 221 Å². The predicted octanol–water partition coefficient (Wildman–Crippen LogP) is 3.41. The Bertz CT molecular complexity index is 1250. The zero-order valence-electron chi connectivity index (χ0n) is 20.0. The molecule has 37 heavy (non-hydrogen) atoms. The summed E-state index contributed by atoms with van der Waals surface area (Å²) in [5.41, 5.74) is 1.11. The second-order valence-electron chi connectivity index (χ2n) is 9.12. The fourth-order valence-corrected chi connectivity index (χ4v) is 6.17. The lowest BCUT2D eigenvalue weighted by atomic mass is 9.94. The number of aliphatic imine (C=N–C) groups is 1. The van der Waals surface area contributed by atoms with Crippen LogP contribution >= 0.6 is 22.9 Å². The van der Waals surface area contributed by atoms with E-state index in [1.54, 1.807) is 19.2 Å². The maximum Gasteiger partial charge on any atom is 0.338 e. The van der Waals surface area contributed by atoms with E-state index in [0.29, 0.717) is 48.3 Å². The molecule has 5 rings (SSSR count). The van der Waals surface area contributed by atoms with E-state index in [0.717, 1.165) is 0 Å². The standard InChI is InChI=1S/C25H26ClFN4O5S/c1-2-36-25(34)20-17(10-31-14-8-13(9-19(32)33)18(31)12-35-11-14)29-23(24-28-6-7-37-24)30-22(20)15-4-3-5-16(27)21(15)26/h3-7,13-14,18,22H,2,8-12H2,1H3,(H,29,30)(H,32,33)/t13-,14-,18-,22+/m1/s1. The molecule has 9 nitrogen and oxygen atoms in total. The highest BCUT2D eigenvalue weighted by Crippen LogP contribution is 2.40. The van der Waals surface area contributed by atoms with Gasteiger partial charge < -0.3 is 19.9 Å². The van der Waals surface area contributed by atoms with Gasteiger partial charge in [0.2, 0.25) is 0 Å². The molecule has 2 bridgehead atoms. The molecule has 196 valence electrons. The number of carbonyl (C=O) groups is 2. The van der Waals surface area contributed by atoms with Crippen molar-refractivity contribution < 1.29 is 28.6 Å². The first-order chi connectivity index (χ1) is 17.9. The number of benzene rings is 1. The van der Waals surface area contributed by atoms with E-state index in [2.05, 4.69) is 15.2 Å². The highest BCUT2D eigenvalue weighted by Gasteiger charge is 2.46. The smallest absolute Gasteiger partial charge is 0.338 e. The van der Waals surface area contributed by atoms with E-state index in [1.807, 2.05) is 5.38 Å². The fourth-order valence-electron chi connectivity index (χ4n) is 5.35. The summed E-state index contributed by atoms with van der Waals surface area (Å²) in [7, 11) is 0. The largest absolute Gasteiger partial charge is 0.481 e. The lowest BCUT2D eigenvalue weighted by molar-refractivity contribution is -0.139. The number of nitrogens with zero attached hydrogens (tertiary/aromatic N) is 3. The summed E-state index contributed by atoms with van der Waals surface area (Å²) in [6, 6.07) is 3.37.